The van der Waals surface area contributed by atoms with E-state index in [2.05, 4.69) is 31.5 Å². The number of hydrogen-bond acceptors (Lipinski definition) is 2. The number of benzene rings is 1. The molecule has 1 heterocycles. The van der Waals surface area contributed by atoms with Crippen LogP contribution in [0.2, 0.25) is 0 Å². The summed E-state index contributed by atoms with van der Waals surface area (Å²) in [4.78, 5) is 15.7. The molecule has 0 aliphatic carbocycles. The number of pyridine rings is 1. The highest BCUT2D eigenvalue weighted by Crippen LogP contribution is 2.14. The number of aromatic nitrogens is 1. The highest BCUT2D eigenvalue weighted by molar-refractivity contribution is 9.10. The molecule has 18 heavy (non-hydrogen) atoms. The number of rotatable bonds is 2. The number of halogens is 1. The smallest absolute Gasteiger partial charge is 0.308 e. The number of nitrogens with one attached hydrogen (secondary N) is 2. The maximum absolute atomic E-state index is 11.7. The Hall–Kier alpha value is -1.88. The van der Waals surface area contributed by atoms with Gasteiger partial charge in [0.1, 0.15) is 0 Å². The summed E-state index contributed by atoms with van der Waals surface area (Å²) in [5.74, 6) is 0. The largest absolute Gasteiger partial charge is 0.323 e. The Balaban J connectivity index is 2.01. The van der Waals surface area contributed by atoms with Crippen molar-refractivity contribution in [1.29, 1.82) is 0 Å². The molecule has 2 N–H and O–H groups in total. The summed E-state index contributed by atoms with van der Waals surface area (Å²) in [5.41, 5.74) is 2.49. The van der Waals surface area contributed by atoms with E-state index in [1.54, 1.807) is 18.5 Å². The Kier molecular flexibility index (Phi) is 3.94. The van der Waals surface area contributed by atoms with Gasteiger partial charge in [-0.25, -0.2) is 4.79 Å². The fourth-order valence-corrected chi connectivity index (χ4v) is 1.86. The normalized spacial score (nSPS) is 9.89. The van der Waals surface area contributed by atoms with Gasteiger partial charge >= 0.3 is 6.03 Å². The van der Waals surface area contributed by atoms with Gasteiger partial charge in [0.05, 0.1) is 11.9 Å². The zero-order valence-corrected chi connectivity index (χ0v) is 11.4. The minimum atomic E-state index is -0.291. The number of hydrogen-bond donors (Lipinski definition) is 2. The molecule has 0 saturated heterocycles. The summed E-state index contributed by atoms with van der Waals surface area (Å²) in [6, 6.07) is 9.10. The quantitative estimate of drug-likeness (QED) is 0.886. The van der Waals surface area contributed by atoms with Crippen molar-refractivity contribution in [2.75, 3.05) is 10.6 Å². The Morgan fingerprint density at radius 3 is 2.67 bits per heavy atom. The molecule has 0 unspecified atom stereocenters. The Labute approximate surface area is 114 Å². The average Bonchev–Trinajstić information content (AvgIpc) is 2.28. The zero-order chi connectivity index (χ0) is 13.0. The van der Waals surface area contributed by atoms with E-state index in [0.717, 1.165) is 15.7 Å². The second kappa shape index (κ2) is 5.64. The Morgan fingerprint density at radius 1 is 1.17 bits per heavy atom. The third kappa shape index (κ3) is 3.56. The van der Waals surface area contributed by atoms with E-state index in [-0.39, 0.29) is 6.03 Å². The van der Waals surface area contributed by atoms with Crippen LogP contribution in [0.25, 0.3) is 0 Å². The molecule has 4 nitrogen and oxygen atoms in total. The van der Waals surface area contributed by atoms with Crippen molar-refractivity contribution < 1.29 is 4.79 Å². The number of nitrogens with zero attached hydrogens (tertiary/aromatic N) is 1. The number of amides is 2. The molecular weight excluding hydrogens is 294 g/mol. The molecule has 1 aromatic carbocycles. The minimum Gasteiger partial charge on any atom is -0.308 e. The second-order valence-electron chi connectivity index (χ2n) is 3.84. The monoisotopic (exact) mass is 305 g/mol. The number of carbonyl (C=O) groups is 1. The first-order chi connectivity index (χ1) is 8.63. The van der Waals surface area contributed by atoms with Crippen LogP contribution in [-0.4, -0.2) is 11.0 Å². The lowest BCUT2D eigenvalue weighted by Crippen LogP contribution is -2.19. The van der Waals surface area contributed by atoms with Gasteiger partial charge in [0.15, 0.2) is 0 Å². The van der Waals surface area contributed by atoms with Crippen molar-refractivity contribution in [2.24, 2.45) is 0 Å². The molecule has 2 aromatic rings. The van der Waals surface area contributed by atoms with E-state index in [1.807, 2.05) is 31.2 Å². The standard InChI is InChI=1S/C13H12BrN3O/c1-9-3-2-4-11(5-9)16-13(18)17-12-6-10(14)7-15-8-12/h2-8H,1H3,(H2,16,17,18). The first-order valence-corrected chi connectivity index (χ1v) is 6.18. The van der Waals surface area contributed by atoms with Gasteiger partial charge in [-0.05, 0) is 46.6 Å². The highest BCUT2D eigenvalue weighted by atomic mass is 79.9. The molecule has 2 rings (SSSR count). The van der Waals surface area contributed by atoms with Gasteiger partial charge in [0, 0.05) is 16.4 Å². The van der Waals surface area contributed by atoms with E-state index in [1.165, 1.54) is 0 Å². The first kappa shape index (κ1) is 12.6. The zero-order valence-electron chi connectivity index (χ0n) is 9.77. The van der Waals surface area contributed by atoms with E-state index < -0.39 is 0 Å². The topological polar surface area (TPSA) is 54.0 Å². The molecule has 5 heteroatoms. The van der Waals surface area contributed by atoms with Crippen molar-refractivity contribution in [1.82, 2.24) is 4.98 Å². The molecule has 92 valence electrons. The van der Waals surface area contributed by atoms with Crippen molar-refractivity contribution >= 4 is 33.3 Å². The average molecular weight is 306 g/mol. The Bertz CT molecular complexity index is 522. The lowest BCUT2D eigenvalue weighted by Gasteiger charge is -2.08. The number of urea groups is 1. The lowest BCUT2D eigenvalue weighted by atomic mass is 10.2. The van der Waals surface area contributed by atoms with E-state index in [0.29, 0.717) is 5.69 Å². The number of anilines is 2. The van der Waals surface area contributed by atoms with Crippen LogP contribution in [0.4, 0.5) is 16.2 Å². The molecule has 2 amide bonds. The summed E-state index contributed by atoms with van der Waals surface area (Å²) in [6.45, 7) is 1.97. The fraction of sp³-hybridized carbons (Fsp3) is 0.0769. The fourth-order valence-electron chi connectivity index (χ4n) is 1.50. The maximum Gasteiger partial charge on any atom is 0.323 e. The van der Waals surface area contributed by atoms with Gasteiger partial charge in [-0.1, -0.05) is 12.1 Å². The first-order valence-electron chi connectivity index (χ1n) is 5.39. The van der Waals surface area contributed by atoms with Gasteiger partial charge in [0.25, 0.3) is 0 Å². The van der Waals surface area contributed by atoms with Crippen LogP contribution >= 0.6 is 15.9 Å². The van der Waals surface area contributed by atoms with Crippen LogP contribution in [0.5, 0.6) is 0 Å². The van der Waals surface area contributed by atoms with Crippen LogP contribution in [0, 0.1) is 6.92 Å². The summed E-state index contributed by atoms with van der Waals surface area (Å²) >= 11 is 3.29. The van der Waals surface area contributed by atoms with E-state index in [4.69, 9.17) is 0 Å². The molecule has 0 fully saturated rings. The maximum atomic E-state index is 11.7. The summed E-state index contributed by atoms with van der Waals surface area (Å²) in [7, 11) is 0. The van der Waals surface area contributed by atoms with Gasteiger partial charge in [0.2, 0.25) is 0 Å². The molecule has 0 aliphatic rings. The molecule has 0 aliphatic heterocycles. The molecule has 0 atom stereocenters. The van der Waals surface area contributed by atoms with Crippen LogP contribution in [-0.2, 0) is 0 Å². The van der Waals surface area contributed by atoms with E-state index in [9.17, 15) is 4.79 Å². The van der Waals surface area contributed by atoms with Crippen LogP contribution in [0.15, 0.2) is 47.2 Å². The SMILES string of the molecule is Cc1cccc(NC(=O)Nc2cncc(Br)c2)c1. The summed E-state index contributed by atoms with van der Waals surface area (Å²) in [5, 5.41) is 5.47. The summed E-state index contributed by atoms with van der Waals surface area (Å²) in [6.07, 6.45) is 3.24. The Morgan fingerprint density at radius 2 is 1.94 bits per heavy atom. The van der Waals surface area contributed by atoms with Gasteiger partial charge in [-0.2, -0.15) is 0 Å². The molecule has 0 saturated carbocycles. The van der Waals surface area contributed by atoms with Crippen molar-refractivity contribution in [3.05, 3.63) is 52.8 Å². The van der Waals surface area contributed by atoms with Crippen LogP contribution in [0.3, 0.4) is 0 Å². The third-order valence-electron chi connectivity index (χ3n) is 2.24. The lowest BCUT2D eigenvalue weighted by molar-refractivity contribution is 0.262. The van der Waals surface area contributed by atoms with Crippen LogP contribution < -0.4 is 10.6 Å². The minimum absolute atomic E-state index is 0.291. The van der Waals surface area contributed by atoms with Crippen LogP contribution in [0.1, 0.15) is 5.56 Å². The predicted molar refractivity (Wildman–Crippen MR) is 75.8 cm³/mol. The van der Waals surface area contributed by atoms with E-state index >= 15 is 0 Å². The van der Waals surface area contributed by atoms with Crippen molar-refractivity contribution in [3.63, 3.8) is 0 Å². The third-order valence-corrected chi connectivity index (χ3v) is 2.67. The molecule has 1 aromatic heterocycles. The summed E-state index contributed by atoms with van der Waals surface area (Å²) < 4.78 is 0.816. The number of aryl methyl sites for hydroxylation is 1. The predicted octanol–water partition coefficient (Wildman–Crippen LogP) is 3.80. The van der Waals surface area contributed by atoms with Crippen molar-refractivity contribution in [3.8, 4) is 0 Å². The van der Waals surface area contributed by atoms with Gasteiger partial charge in [-0.15, -0.1) is 0 Å². The van der Waals surface area contributed by atoms with Gasteiger partial charge in [-0.3, -0.25) is 4.98 Å². The molecule has 0 radical (unpaired) electrons. The number of carbonyl (C=O) groups excluding carboxylic acids is 1. The molecular formula is C13H12BrN3O. The van der Waals surface area contributed by atoms with Gasteiger partial charge < -0.3 is 10.6 Å². The highest BCUT2D eigenvalue weighted by Gasteiger charge is 2.03. The molecule has 0 bridgehead atoms. The van der Waals surface area contributed by atoms with Crippen molar-refractivity contribution in [2.45, 2.75) is 6.92 Å². The molecule has 0 spiro atoms. The second-order valence-corrected chi connectivity index (χ2v) is 4.76.